The molecule has 2 aromatic rings. The van der Waals surface area contributed by atoms with Crippen molar-refractivity contribution in [2.75, 3.05) is 0 Å². The van der Waals surface area contributed by atoms with Gasteiger partial charge in [-0.1, -0.05) is 0 Å². The monoisotopic (exact) mass is 293 g/mol. The number of alkyl halides is 3. The molecule has 108 valence electrons. The van der Waals surface area contributed by atoms with E-state index in [2.05, 4.69) is 0 Å². The number of nitro groups is 1. The maximum atomic E-state index is 13.8. The van der Waals surface area contributed by atoms with Crippen LogP contribution in [0, 0.1) is 15.9 Å². The summed E-state index contributed by atoms with van der Waals surface area (Å²) in [5.41, 5.74) is -2.39. The van der Waals surface area contributed by atoms with Crippen LogP contribution in [0.25, 0.3) is 10.9 Å². The van der Waals surface area contributed by atoms with E-state index >= 15 is 0 Å². The van der Waals surface area contributed by atoms with E-state index in [1.165, 1.54) is 7.05 Å². The van der Waals surface area contributed by atoms with Crippen LogP contribution in [0.2, 0.25) is 0 Å². The molecule has 0 radical (unpaired) electrons. The van der Waals surface area contributed by atoms with Gasteiger partial charge in [0, 0.05) is 13.2 Å². The molecule has 6 nitrogen and oxygen atoms in total. The Bertz CT molecular complexity index is 760. The fourth-order valence-corrected chi connectivity index (χ4v) is 1.96. The second-order valence-electron chi connectivity index (χ2n) is 4.13. The first-order valence-electron chi connectivity index (χ1n) is 5.21. The molecule has 0 spiro atoms. The maximum absolute atomic E-state index is 13.8. The average Bonchev–Trinajstić information content (AvgIpc) is 2.62. The van der Waals surface area contributed by atoms with Crippen LogP contribution < -0.4 is 5.56 Å². The smallest absolute Gasteiger partial charge is 0.342 e. The molecular formula is C10H7F4N3O3. The van der Waals surface area contributed by atoms with E-state index in [0.717, 1.165) is 10.8 Å². The molecule has 0 unspecified atom stereocenters. The second kappa shape index (κ2) is 4.32. The number of pyridine rings is 1. The van der Waals surface area contributed by atoms with E-state index in [9.17, 15) is 32.5 Å². The zero-order valence-electron chi connectivity index (χ0n) is 9.94. The Labute approximate surface area is 108 Å². The van der Waals surface area contributed by atoms with Crippen molar-refractivity contribution < 1.29 is 22.5 Å². The van der Waals surface area contributed by atoms with Crippen molar-refractivity contribution >= 4 is 16.6 Å². The Balaban J connectivity index is 2.84. The molecule has 0 atom stereocenters. The molecule has 0 fully saturated rings. The van der Waals surface area contributed by atoms with Gasteiger partial charge in [0.25, 0.3) is 11.2 Å². The molecule has 2 heterocycles. The minimum atomic E-state index is -4.74. The predicted molar refractivity (Wildman–Crippen MR) is 59.8 cm³/mol. The minimum absolute atomic E-state index is 0.0741. The molecule has 2 aromatic heterocycles. The van der Waals surface area contributed by atoms with Gasteiger partial charge in [0.15, 0.2) is 5.82 Å². The van der Waals surface area contributed by atoms with Crippen LogP contribution in [0.1, 0.15) is 0 Å². The van der Waals surface area contributed by atoms with Gasteiger partial charge in [-0.2, -0.15) is 13.2 Å². The summed E-state index contributed by atoms with van der Waals surface area (Å²) in [4.78, 5) is 21.7. The van der Waals surface area contributed by atoms with Crippen LogP contribution in [-0.2, 0) is 13.6 Å². The van der Waals surface area contributed by atoms with Gasteiger partial charge < -0.3 is 9.13 Å². The summed E-state index contributed by atoms with van der Waals surface area (Å²) in [5, 5.41) is 10.1. The van der Waals surface area contributed by atoms with Gasteiger partial charge in [-0.05, 0) is 0 Å². The number of nitrogens with zero attached hydrogens (tertiary/aromatic N) is 3. The summed E-state index contributed by atoms with van der Waals surface area (Å²) < 4.78 is 51.7. The highest BCUT2D eigenvalue weighted by Gasteiger charge is 2.31. The van der Waals surface area contributed by atoms with Crippen molar-refractivity contribution in [1.29, 1.82) is 0 Å². The van der Waals surface area contributed by atoms with Crippen LogP contribution in [0.4, 0.5) is 23.2 Å². The van der Waals surface area contributed by atoms with E-state index in [4.69, 9.17) is 0 Å². The lowest BCUT2D eigenvalue weighted by Crippen LogP contribution is -2.28. The van der Waals surface area contributed by atoms with E-state index in [1.807, 2.05) is 0 Å². The van der Waals surface area contributed by atoms with E-state index in [-0.39, 0.29) is 4.57 Å². The third-order valence-electron chi connectivity index (χ3n) is 2.68. The van der Waals surface area contributed by atoms with Gasteiger partial charge >= 0.3 is 6.18 Å². The lowest BCUT2D eigenvalue weighted by Gasteiger charge is -2.09. The number of fused-ring (bicyclic) bond motifs is 1. The van der Waals surface area contributed by atoms with Gasteiger partial charge in [-0.15, -0.1) is 0 Å². The number of hydrogen-bond donors (Lipinski definition) is 0. The molecule has 20 heavy (non-hydrogen) atoms. The first-order chi connectivity index (χ1) is 9.11. The van der Waals surface area contributed by atoms with Gasteiger partial charge in [0.2, 0.25) is 0 Å². The van der Waals surface area contributed by atoms with Crippen LogP contribution >= 0.6 is 0 Å². The molecule has 0 aliphatic carbocycles. The third-order valence-corrected chi connectivity index (χ3v) is 2.68. The van der Waals surface area contributed by atoms with Crippen molar-refractivity contribution in [2.24, 2.45) is 7.05 Å². The fraction of sp³-hybridized carbons (Fsp3) is 0.300. The van der Waals surface area contributed by atoms with Crippen molar-refractivity contribution in [3.63, 3.8) is 0 Å². The first-order valence-corrected chi connectivity index (χ1v) is 5.21. The molecular weight excluding hydrogens is 286 g/mol. The first kappa shape index (κ1) is 14.0. The molecule has 0 saturated carbocycles. The number of hydrogen-bond acceptors (Lipinski definition) is 3. The number of rotatable bonds is 2. The summed E-state index contributed by atoms with van der Waals surface area (Å²) in [6.45, 7) is -1.72. The highest BCUT2D eigenvalue weighted by molar-refractivity contribution is 5.89. The van der Waals surface area contributed by atoms with Crippen LogP contribution in [0.3, 0.4) is 0 Å². The Morgan fingerprint density at radius 1 is 1.35 bits per heavy atom. The average molecular weight is 293 g/mol. The molecule has 0 aliphatic rings. The molecule has 0 bridgehead atoms. The highest BCUT2D eigenvalue weighted by Crippen LogP contribution is 2.26. The van der Waals surface area contributed by atoms with Crippen molar-refractivity contribution in [1.82, 2.24) is 9.13 Å². The lowest BCUT2D eigenvalue weighted by molar-refractivity contribution is -0.383. The zero-order valence-corrected chi connectivity index (χ0v) is 9.94. The summed E-state index contributed by atoms with van der Waals surface area (Å²) in [6.07, 6.45) is -3.47. The third kappa shape index (κ3) is 2.24. The summed E-state index contributed by atoms with van der Waals surface area (Å²) >= 11 is 0. The van der Waals surface area contributed by atoms with Crippen molar-refractivity contribution in [3.8, 4) is 0 Å². The van der Waals surface area contributed by atoms with E-state index < -0.39 is 45.6 Å². The molecule has 0 aromatic carbocycles. The molecule has 0 saturated heterocycles. The Morgan fingerprint density at radius 2 is 1.95 bits per heavy atom. The lowest BCUT2D eigenvalue weighted by atomic mass is 10.3. The van der Waals surface area contributed by atoms with E-state index in [1.54, 1.807) is 0 Å². The standard InChI is InChI=1S/C10H7F4N3O3/c1-15-3-6(17(19)20)7-8(15)5(11)2-16(9(7)18)4-10(12,13)14/h2-3H,4H2,1H3. The predicted octanol–water partition coefficient (Wildman–Crippen LogP) is 1.95. The van der Waals surface area contributed by atoms with Crippen LogP contribution in [-0.4, -0.2) is 20.2 Å². The summed E-state index contributed by atoms with van der Waals surface area (Å²) in [7, 11) is 1.26. The van der Waals surface area contributed by atoms with Gasteiger partial charge in [0.1, 0.15) is 11.9 Å². The molecule has 2 rings (SSSR count). The van der Waals surface area contributed by atoms with E-state index in [0.29, 0.717) is 6.20 Å². The SMILES string of the molecule is Cn1cc([N+](=O)[O-])c2c(=O)n(CC(F)(F)F)cc(F)c21. The van der Waals surface area contributed by atoms with Gasteiger partial charge in [-0.3, -0.25) is 14.9 Å². The molecule has 0 N–H and O–H groups in total. The number of aryl methyl sites for hydroxylation is 1. The molecule has 10 heteroatoms. The molecule has 0 amide bonds. The van der Waals surface area contributed by atoms with Gasteiger partial charge in [0.05, 0.1) is 16.6 Å². The highest BCUT2D eigenvalue weighted by atomic mass is 19.4. The summed E-state index contributed by atoms with van der Waals surface area (Å²) in [5.74, 6) is -1.14. The van der Waals surface area contributed by atoms with Crippen LogP contribution in [0.5, 0.6) is 0 Å². The number of aromatic nitrogens is 2. The quantitative estimate of drug-likeness (QED) is 0.483. The minimum Gasteiger partial charge on any atom is -0.342 e. The largest absolute Gasteiger partial charge is 0.406 e. The maximum Gasteiger partial charge on any atom is 0.406 e. The van der Waals surface area contributed by atoms with Crippen molar-refractivity contribution in [3.05, 3.63) is 38.7 Å². The second-order valence-corrected chi connectivity index (χ2v) is 4.13. The number of halogens is 4. The Morgan fingerprint density at radius 3 is 2.45 bits per heavy atom. The summed E-state index contributed by atoms with van der Waals surface area (Å²) in [6, 6.07) is 0. The fourth-order valence-electron chi connectivity index (χ4n) is 1.96. The molecule has 0 aliphatic heterocycles. The van der Waals surface area contributed by atoms with Crippen molar-refractivity contribution in [2.45, 2.75) is 12.7 Å². The normalized spacial score (nSPS) is 12.1. The van der Waals surface area contributed by atoms with Crippen LogP contribution in [0.15, 0.2) is 17.2 Å². The zero-order chi connectivity index (χ0) is 15.2. The van der Waals surface area contributed by atoms with Gasteiger partial charge in [-0.25, -0.2) is 4.39 Å². The topological polar surface area (TPSA) is 70.1 Å². The Hall–Kier alpha value is -2.39. The Kier molecular flexibility index (Phi) is 3.03.